The monoisotopic (exact) mass is 319 g/mol. The molecule has 2 aromatic heterocycles. The van der Waals surface area contributed by atoms with E-state index >= 15 is 0 Å². The summed E-state index contributed by atoms with van der Waals surface area (Å²) in [6.07, 6.45) is 2.33. The third-order valence-electron chi connectivity index (χ3n) is 4.34. The molecule has 1 atom stereocenters. The molecular formula is C17H22FN3O2. The average molecular weight is 319 g/mol. The summed E-state index contributed by atoms with van der Waals surface area (Å²) in [4.78, 5) is 18.5. The number of likely N-dealkylation sites (tertiary alicyclic amines) is 1. The molecule has 0 radical (unpaired) electrons. The molecule has 3 rings (SSSR count). The highest BCUT2D eigenvalue weighted by atomic mass is 19.1. The number of rotatable bonds is 1. The average Bonchev–Trinajstić information content (AvgIpc) is 2.70. The summed E-state index contributed by atoms with van der Waals surface area (Å²) in [6.45, 7) is 6.76. The fraction of sp³-hybridized carbons (Fsp3) is 0.529. The third kappa shape index (κ3) is 3.08. The van der Waals surface area contributed by atoms with Gasteiger partial charge < -0.3 is 10.0 Å². The van der Waals surface area contributed by atoms with Crippen LogP contribution in [0.5, 0.6) is 0 Å². The molecule has 1 aliphatic rings. The van der Waals surface area contributed by atoms with Gasteiger partial charge in [0.15, 0.2) is 5.69 Å². The van der Waals surface area contributed by atoms with E-state index in [1.165, 1.54) is 4.40 Å². The summed E-state index contributed by atoms with van der Waals surface area (Å²) in [5.41, 5.74) is 0.956. The van der Waals surface area contributed by atoms with Gasteiger partial charge in [-0.1, -0.05) is 19.9 Å². The summed E-state index contributed by atoms with van der Waals surface area (Å²) in [5.74, 6) is -1.04. The lowest BCUT2D eigenvalue weighted by Crippen LogP contribution is -2.38. The van der Waals surface area contributed by atoms with Gasteiger partial charge in [0.2, 0.25) is 5.95 Å². The fourth-order valence-corrected chi connectivity index (χ4v) is 3.29. The number of imidazole rings is 1. The Balaban J connectivity index is 1.95. The highest BCUT2D eigenvalue weighted by Gasteiger charge is 2.33. The second-order valence-corrected chi connectivity index (χ2v) is 7.22. The number of fused-ring (bicyclic) bond motifs is 1. The SMILES string of the molecule is Cc1ccc2nc(C(=O)N3CC[C@H](O)CC(C)(C)C3)c(F)n2c1. The second-order valence-electron chi connectivity index (χ2n) is 7.22. The Morgan fingerprint density at radius 2 is 2.17 bits per heavy atom. The summed E-state index contributed by atoms with van der Waals surface area (Å²) < 4.78 is 15.9. The van der Waals surface area contributed by atoms with Crippen LogP contribution in [0.15, 0.2) is 18.3 Å². The molecule has 1 fully saturated rings. The molecular weight excluding hydrogens is 297 g/mol. The van der Waals surface area contributed by atoms with E-state index in [0.29, 0.717) is 31.6 Å². The molecule has 23 heavy (non-hydrogen) atoms. The van der Waals surface area contributed by atoms with E-state index in [1.54, 1.807) is 17.2 Å². The van der Waals surface area contributed by atoms with Crippen LogP contribution in [0.3, 0.4) is 0 Å². The van der Waals surface area contributed by atoms with Crippen LogP contribution in [-0.2, 0) is 0 Å². The lowest BCUT2D eigenvalue weighted by Gasteiger charge is -2.29. The molecule has 0 unspecified atom stereocenters. The van der Waals surface area contributed by atoms with Crippen LogP contribution in [0.2, 0.25) is 0 Å². The number of aromatic nitrogens is 2. The molecule has 1 N–H and O–H groups in total. The van der Waals surface area contributed by atoms with Crippen LogP contribution in [0.25, 0.3) is 5.65 Å². The summed E-state index contributed by atoms with van der Waals surface area (Å²) in [5, 5.41) is 9.96. The lowest BCUT2D eigenvalue weighted by molar-refractivity contribution is 0.0694. The van der Waals surface area contributed by atoms with Crippen molar-refractivity contribution < 1.29 is 14.3 Å². The van der Waals surface area contributed by atoms with Crippen molar-refractivity contribution in [3.63, 3.8) is 0 Å². The number of aliphatic hydroxyl groups excluding tert-OH is 1. The Bertz CT molecular complexity index is 754. The number of aryl methyl sites for hydroxylation is 1. The maximum atomic E-state index is 14.6. The van der Waals surface area contributed by atoms with Crippen molar-refractivity contribution in [3.05, 3.63) is 35.5 Å². The molecule has 0 aliphatic carbocycles. The van der Waals surface area contributed by atoms with E-state index in [0.717, 1.165) is 5.56 Å². The summed E-state index contributed by atoms with van der Waals surface area (Å²) in [6, 6.07) is 3.53. The first-order valence-electron chi connectivity index (χ1n) is 7.88. The number of carbonyl (C=O) groups excluding carboxylic acids is 1. The standard InChI is InChI=1S/C17H22FN3O2/c1-11-4-5-13-19-14(15(18)21(13)9-11)16(23)20-7-6-12(22)8-17(2,3)10-20/h4-5,9,12,22H,6-8,10H2,1-3H3/t12-/m0/s1. The molecule has 1 saturated heterocycles. The van der Waals surface area contributed by atoms with Crippen molar-refractivity contribution in [2.24, 2.45) is 5.41 Å². The first kappa shape index (κ1) is 15.9. The smallest absolute Gasteiger partial charge is 0.277 e. The van der Waals surface area contributed by atoms with E-state index in [4.69, 9.17) is 0 Å². The predicted octanol–water partition coefficient (Wildman–Crippen LogP) is 2.40. The zero-order chi connectivity index (χ0) is 16.8. The lowest BCUT2D eigenvalue weighted by atomic mass is 9.87. The van der Waals surface area contributed by atoms with E-state index in [-0.39, 0.29) is 11.1 Å². The Kier molecular flexibility index (Phi) is 3.88. The number of carbonyl (C=O) groups is 1. The Labute approximate surface area is 134 Å². The first-order chi connectivity index (χ1) is 10.8. The minimum absolute atomic E-state index is 0.150. The van der Waals surface area contributed by atoms with Crippen molar-refractivity contribution in [2.45, 2.75) is 39.7 Å². The van der Waals surface area contributed by atoms with Crippen molar-refractivity contribution >= 4 is 11.6 Å². The van der Waals surface area contributed by atoms with Crippen molar-refractivity contribution in [2.75, 3.05) is 13.1 Å². The van der Waals surface area contributed by atoms with Gasteiger partial charge >= 0.3 is 0 Å². The van der Waals surface area contributed by atoms with Crippen LogP contribution in [0.4, 0.5) is 4.39 Å². The van der Waals surface area contributed by atoms with Crippen molar-refractivity contribution in [1.82, 2.24) is 14.3 Å². The van der Waals surface area contributed by atoms with Crippen LogP contribution < -0.4 is 0 Å². The molecule has 1 aliphatic heterocycles. The molecule has 0 bridgehead atoms. The number of hydrogen-bond donors (Lipinski definition) is 1. The zero-order valence-corrected chi connectivity index (χ0v) is 13.7. The highest BCUT2D eigenvalue weighted by molar-refractivity contribution is 5.93. The quantitative estimate of drug-likeness (QED) is 0.878. The van der Waals surface area contributed by atoms with E-state index in [9.17, 15) is 14.3 Å². The largest absolute Gasteiger partial charge is 0.393 e. The van der Waals surface area contributed by atoms with E-state index < -0.39 is 18.0 Å². The fourth-order valence-electron chi connectivity index (χ4n) is 3.29. The van der Waals surface area contributed by atoms with Gasteiger partial charge in [0.1, 0.15) is 5.65 Å². The minimum atomic E-state index is -0.628. The molecule has 3 heterocycles. The maximum absolute atomic E-state index is 14.6. The Morgan fingerprint density at radius 3 is 2.91 bits per heavy atom. The number of halogens is 1. The van der Waals surface area contributed by atoms with Crippen LogP contribution in [-0.4, -0.2) is 44.5 Å². The Hall–Kier alpha value is -1.95. The normalized spacial score (nSPS) is 21.4. The Morgan fingerprint density at radius 1 is 1.43 bits per heavy atom. The van der Waals surface area contributed by atoms with Gasteiger partial charge in [-0.25, -0.2) is 4.98 Å². The maximum Gasteiger partial charge on any atom is 0.277 e. The minimum Gasteiger partial charge on any atom is -0.393 e. The van der Waals surface area contributed by atoms with Gasteiger partial charge in [0, 0.05) is 19.3 Å². The number of amides is 1. The van der Waals surface area contributed by atoms with Crippen LogP contribution in [0.1, 0.15) is 42.7 Å². The molecule has 5 nitrogen and oxygen atoms in total. The molecule has 0 spiro atoms. The van der Waals surface area contributed by atoms with Gasteiger partial charge in [-0.2, -0.15) is 4.39 Å². The van der Waals surface area contributed by atoms with Gasteiger partial charge in [-0.3, -0.25) is 9.20 Å². The van der Waals surface area contributed by atoms with Crippen LogP contribution >= 0.6 is 0 Å². The molecule has 0 aromatic carbocycles. The van der Waals surface area contributed by atoms with E-state index in [1.807, 2.05) is 26.8 Å². The van der Waals surface area contributed by atoms with E-state index in [2.05, 4.69) is 4.98 Å². The summed E-state index contributed by atoms with van der Waals surface area (Å²) in [7, 11) is 0. The highest BCUT2D eigenvalue weighted by Crippen LogP contribution is 2.29. The topological polar surface area (TPSA) is 57.8 Å². The number of pyridine rings is 1. The van der Waals surface area contributed by atoms with Crippen molar-refractivity contribution in [1.29, 1.82) is 0 Å². The van der Waals surface area contributed by atoms with Gasteiger partial charge in [0.05, 0.1) is 6.10 Å². The number of hydrogen-bond acceptors (Lipinski definition) is 3. The first-order valence-corrected chi connectivity index (χ1v) is 7.88. The number of nitrogens with zero attached hydrogens (tertiary/aromatic N) is 3. The second kappa shape index (κ2) is 5.60. The molecule has 1 amide bonds. The van der Waals surface area contributed by atoms with Gasteiger partial charge in [-0.15, -0.1) is 0 Å². The zero-order valence-electron chi connectivity index (χ0n) is 13.7. The van der Waals surface area contributed by atoms with Crippen molar-refractivity contribution in [3.8, 4) is 0 Å². The molecule has 2 aromatic rings. The molecule has 124 valence electrons. The predicted molar refractivity (Wildman–Crippen MR) is 84.8 cm³/mol. The van der Waals surface area contributed by atoms with Gasteiger partial charge in [0.25, 0.3) is 5.91 Å². The summed E-state index contributed by atoms with van der Waals surface area (Å²) >= 11 is 0. The number of aliphatic hydroxyl groups is 1. The molecule has 6 heteroatoms. The van der Waals surface area contributed by atoms with Gasteiger partial charge in [-0.05, 0) is 36.8 Å². The third-order valence-corrected chi connectivity index (χ3v) is 4.34. The van der Waals surface area contributed by atoms with Crippen LogP contribution in [0, 0.1) is 18.3 Å². The molecule has 0 saturated carbocycles.